The fourth-order valence-corrected chi connectivity index (χ4v) is 2.30. The van der Waals surface area contributed by atoms with E-state index in [1.54, 1.807) is 7.11 Å². The monoisotopic (exact) mass is 308 g/mol. The first kappa shape index (κ1) is 18.3. The third kappa shape index (κ3) is 6.35. The van der Waals surface area contributed by atoms with Crippen molar-refractivity contribution in [3.8, 4) is 5.75 Å². The van der Waals surface area contributed by atoms with E-state index in [9.17, 15) is 9.90 Å². The number of hydrogen-bond donors (Lipinski definition) is 3. The van der Waals surface area contributed by atoms with Crippen LogP contribution >= 0.6 is 0 Å². The molecule has 2 atom stereocenters. The molecule has 5 nitrogen and oxygen atoms in total. The molecule has 2 amide bonds. The van der Waals surface area contributed by atoms with Gasteiger partial charge in [0.1, 0.15) is 5.75 Å². The molecule has 2 unspecified atom stereocenters. The van der Waals surface area contributed by atoms with Crippen LogP contribution in [0.5, 0.6) is 5.75 Å². The molecule has 0 saturated heterocycles. The van der Waals surface area contributed by atoms with Gasteiger partial charge in [-0.1, -0.05) is 32.9 Å². The highest BCUT2D eigenvalue weighted by Gasteiger charge is 2.14. The molecule has 0 aromatic heterocycles. The molecule has 0 heterocycles. The molecule has 5 heteroatoms. The first-order valence-corrected chi connectivity index (χ1v) is 7.82. The van der Waals surface area contributed by atoms with Crippen molar-refractivity contribution < 1.29 is 14.6 Å². The van der Waals surface area contributed by atoms with E-state index in [0.29, 0.717) is 12.3 Å². The Morgan fingerprint density at radius 3 is 2.41 bits per heavy atom. The lowest BCUT2D eigenvalue weighted by Crippen LogP contribution is -2.41. The number of rotatable bonds is 8. The number of benzene rings is 1. The maximum atomic E-state index is 11.9. The highest BCUT2D eigenvalue weighted by atomic mass is 16.5. The standard InChI is InChI=1S/C17H28N2O3/c1-5-16(13-6-8-15(22-4)9-7-13)19-17(21)18-11-14(20)10-12(2)3/h6-9,12,14,16,20H,5,10-11H2,1-4H3,(H2,18,19,21). The van der Waals surface area contributed by atoms with Crippen molar-refractivity contribution in [2.24, 2.45) is 5.92 Å². The van der Waals surface area contributed by atoms with Gasteiger partial charge in [-0.3, -0.25) is 0 Å². The van der Waals surface area contributed by atoms with Crippen LogP contribution < -0.4 is 15.4 Å². The van der Waals surface area contributed by atoms with Crippen molar-refractivity contribution in [1.82, 2.24) is 10.6 Å². The van der Waals surface area contributed by atoms with Crippen LogP contribution in [0.15, 0.2) is 24.3 Å². The van der Waals surface area contributed by atoms with E-state index in [1.165, 1.54) is 0 Å². The summed E-state index contributed by atoms with van der Waals surface area (Å²) in [5.41, 5.74) is 1.03. The molecule has 0 spiro atoms. The van der Waals surface area contributed by atoms with Gasteiger partial charge in [-0.2, -0.15) is 0 Å². The van der Waals surface area contributed by atoms with E-state index in [0.717, 1.165) is 17.7 Å². The minimum absolute atomic E-state index is 0.0619. The molecule has 0 bridgehead atoms. The summed E-state index contributed by atoms with van der Waals surface area (Å²) >= 11 is 0. The number of carbonyl (C=O) groups excluding carboxylic acids is 1. The van der Waals surface area contributed by atoms with Crippen LogP contribution in [0.1, 0.15) is 45.2 Å². The molecular weight excluding hydrogens is 280 g/mol. The van der Waals surface area contributed by atoms with Crippen molar-refractivity contribution in [2.45, 2.75) is 45.8 Å². The molecular formula is C17H28N2O3. The summed E-state index contributed by atoms with van der Waals surface area (Å²) in [6.45, 7) is 6.37. The normalized spacial score (nSPS) is 13.5. The van der Waals surface area contributed by atoms with Crippen LogP contribution in [-0.4, -0.2) is 30.9 Å². The summed E-state index contributed by atoms with van der Waals surface area (Å²) in [7, 11) is 1.63. The van der Waals surface area contributed by atoms with E-state index in [4.69, 9.17) is 4.74 Å². The lowest BCUT2D eigenvalue weighted by molar-refractivity contribution is 0.146. The van der Waals surface area contributed by atoms with Gasteiger partial charge in [-0.15, -0.1) is 0 Å². The average molecular weight is 308 g/mol. The molecule has 0 aliphatic heterocycles. The van der Waals surface area contributed by atoms with Crippen molar-refractivity contribution in [3.63, 3.8) is 0 Å². The zero-order valence-corrected chi connectivity index (χ0v) is 13.9. The molecule has 22 heavy (non-hydrogen) atoms. The van der Waals surface area contributed by atoms with Gasteiger partial charge in [0.05, 0.1) is 19.3 Å². The number of carbonyl (C=O) groups is 1. The second kappa shape index (κ2) is 9.30. The zero-order chi connectivity index (χ0) is 16.5. The second-order valence-electron chi connectivity index (χ2n) is 5.87. The van der Waals surface area contributed by atoms with Gasteiger partial charge in [-0.05, 0) is 36.5 Å². The summed E-state index contributed by atoms with van der Waals surface area (Å²) in [6.07, 6.45) is 0.955. The zero-order valence-electron chi connectivity index (χ0n) is 13.9. The number of aliphatic hydroxyl groups excluding tert-OH is 1. The first-order chi connectivity index (χ1) is 10.5. The molecule has 0 radical (unpaired) electrons. The molecule has 0 aliphatic carbocycles. The molecule has 0 saturated carbocycles. The van der Waals surface area contributed by atoms with Crippen molar-refractivity contribution in [2.75, 3.05) is 13.7 Å². The number of urea groups is 1. The maximum absolute atomic E-state index is 11.9. The van der Waals surface area contributed by atoms with Crippen LogP contribution in [0.2, 0.25) is 0 Å². The summed E-state index contributed by atoms with van der Waals surface area (Å²) in [6, 6.07) is 7.33. The molecule has 1 rings (SSSR count). The minimum Gasteiger partial charge on any atom is -0.497 e. The Kier molecular flexibility index (Phi) is 7.74. The number of hydrogen-bond acceptors (Lipinski definition) is 3. The van der Waals surface area contributed by atoms with Crippen molar-refractivity contribution in [3.05, 3.63) is 29.8 Å². The van der Waals surface area contributed by atoms with E-state index < -0.39 is 6.10 Å². The van der Waals surface area contributed by atoms with Crippen LogP contribution in [0.3, 0.4) is 0 Å². The topological polar surface area (TPSA) is 70.6 Å². The van der Waals surface area contributed by atoms with Crippen molar-refractivity contribution in [1.29, 1.82) is 0 Å². The first-order valence-electron chi connectivity index (χ1n) is 7.82. The molecule has 0 fully saturated rings. The fourth-order valence-electron chi connectivity index (χ4n) is 2.30. The highest BCUT2D eigenvalue weighted by molar-refractivity contribution is 5.74. The van der Waals surface area contributed by atoms with Gasteiger partial charge < -0.3 is 20.5 Å². The van der Waals surface area contributed by atoms with Gasteiger partial charge >= 0.3 is 6.03 Å². The summed E-state index contributed by atoms with van der Waals surface area (Å²) in [4.78, 5) is 11.9. The van der Waals surface area contributed by atoms with Gasteiger partial charge in [0.15, 0.2) is 0 Å². The minimum atomic E-state index is -0.508. The maximum Gasteiger partial charge on any atom is 0.315 e. The smallest absolute Gasteiger partial charge is 0.315 e. The Balaban J connectivity index is 2.49. The van der Waals surface area contributed by atoms with E-state index in [-0.39, 0.29) is 18.6 Å². The van der Waals surface area contributed by atoms with Crippen molar-refractivity contribution >= 4 is 6.03 Å². The molecule has 1 aromatic carbocycles. The summed E-state index contributed by atoms with van der Waals surface area (Å²) < 4.78 is 5.13. The SMILES string of the molecule is CCC(NC(=O)NCC(O)CC(C)C)c1ccc(OC)cc1. The van der Waals surface area contributed by atoms with E-state index in [2.05, 4.69) is 10.6 Å². The molecule has 0 aliphatic rings. The quantitative estimate of drug-likeness (QED) is 0.691. The molecule has 1 aromatic rings. The third-order valence-electron chi connectivity index (χ3n) is 3.47. The molecule has 124 valence electrons. The Bertz CT molecular complexity index is 446. The molecule has 3 N–H and O–H groups in total. The van der Waals surface area contributed by atoms with E-state index >= 15 is 0 Å². The number of methoxy groups -OCH3 is 1. The summed E-state index contributed by atoms with van der Waals surface area (Å²) in [5, 5.41) is 15.4. The highest BCUT2D eigenvalue weighted by Crippen LogP contribution is 2.19. The van der Waals surface area contributed by atoms with Gasteiger partial charge in [0.25, 0.3) is 0 Å². The second-order valence-corrected chi connectivity index (χ2v) is 5.87. The fraction of sp³-hybridized carbons (Fsp3) is 0.588. The number of nitrogens with one attached hydrogen (secondary N) is 2. The number of amides is 2. The third-order valence-corrected chi connectivity index (χ3v) is 3.47. The van der Waals surface area contributed by atoms with Crippen LogP contribution in [0.4, 0.5) is 4.79 Å². The van der Waals surface area contributed by atoms with Crippen LogP contribution in [0.25, 0.3) is 0 Å². The Labute approximate surface area is 133 Å². The Hall–Kier alpha value is -1.75. The van der Waals surface area contributed by atoms with Gasteiger partial charge in [-0.25, -0.2) is 4.79 Å². The summed E-state index contributed by atoms with van der Waals surface area (Å²) in [5.74, 6) is 1.20. The Morgan fingerprint density at radius 1 is 1.27 bits per heavy atom. The predicted molar refractivity (Wildman–Crippen MR) is 88.0 cm³/mol. The van der Waals surface area contributed by atoms with E-state index in [1.807, 2.05) is 45.0 Å². The van der Waals surface area contributed by atoms with Crippen LogP contribution in [-0.2, 0) is 0 Å². The lowest BCUT2D eigenvalue weighted by Gasteiger charge is -2.19. The largest absolute Gasteiger partial charge is 0.497 e. The Morgan fingerprint density at radius 2 is 1.91 bits per heavy atom. The predicted octanol–water partition coefficient (Wildman–Crippen LogP) is 2.85. The number of aliphatic hydroxyl groups is 1. The van der Waals surface area contributed by atoms with Gasteiger partial charge in [0, 0.05) is 6.54 Å². The van der Waals surface area contributed by atoms with Crippen LogP contribution in [0, 0.1) is 5.92 Å². The van der Waals surface area contributed by atoms with Gasteiger partial charge in [0.2, 0.25) is 0 Å². The lowest BCUT2D eigenvalue weighted by atomic mass is 10.0. The average Bonchev–Trinajstić information content (AvgIpc) is 2.50. The number of ether oxygens (including phenoxy) is 1.